The molecule has 1 unspecified atom stereocenters. The topological polar surface area (TPSA) is 25.2 Å². The lowest BCUT2D eigenvalue weighted by atomic mass is 9.91. The van der Waals surface area contributed by atoms with E-state index in [1.54, 1.807) is 6.26 Å². The SMILES string of the molecule is CCCCCCC(C)(CC)NCc1ccco1. The van der Waals surface area contributed by atoms with Crippen LogP contribution in [0.25, 0.3) is 0 Å². The maximum absolute atomic E-state index is 5.35. The van der Waals surface area contributed by atoms with E-state index in [9.17, 15) is 0 Å². The molecule has 0 aliphatic heterocycles. The Bertz CT molecular complexity index is 281. The van der Waals surface area contributed by atoms with E-state index in [-0.39, 0.29) is 5.54 Å². The van der Waals surface area contributed by atoms with E-state index in [0.29, 0.717) is 0 Å². The standard InChI is InChI=1S/C15H27NO/c1-4-6-7-8-11-15(3,5-2)16-13-14-10-9-12-17-14/h9-10,12,16H,4-8,11,13H2,1-3H3. The summed E-state index contributed by atoms with van der Waals surface area (Å²) >= 11 is 0. The van der Waals surface area contributed by atoms with Crippen molar-refractivity contribution in [2.45, 2.75) is 71.4 Å². The molecule has 0 fully saturated rings. The van der Waals surface area contributed by atoms with Crippen LogP contribution in [0.2, 0.25) is 0 Å². The molecule has 1 aromatic rings. The third-order valence-corrected chi connectivity index (χ3v) is 3.63. The predicted molar refractivity (Wildman–Crippen MR) is 73.0 cm³/mol. The minimum atomic E-state index is 0.251. The maximum Gasteiger partial charge on any atom is 0.117 e. The zero-order valence-corrected chi connectivity index (χ0v) is 11.6. The normalized spacial score (nSPS) is 14.8. The minimum Gasteiger partial charge on any atom is -0.468 e. The Hall–Kier alpha value is -0.760. The lowest BCUT2D eigenvalue weighted by molar-refractivity contribution is 0.293. The first kappa shape index (κ1) is 14.3. The average molecular weight is 237 g/mol. The van der Waals surface area contributed by atoms with Crippen molar-refractivity contribution in [1.29, 1.82) is 0 Å². The number of furan rings is 1. The van der Waals surface area contributed by atoms with Crippen LogP contribution in [0.1, 0.15) is 65.1 Å². The molecule has 2 nitrogen and oxygen atoms in total. The van der Waals surface area contributed by atoms with Gasteiger partial charge in [-0.1, -0.05) is 39.5 Å². The van der Waals surface area contributed by atoms with E-state index < -0.39 is 0 Å². The monoisotopic (exact) mass is 237 g/mol. The van der Waals surface area contributed by atoms with Gasteiger partial charge in [0.1, 0.15) is 5.76 Å². The summed E-state index contributed by atoms with van der Waals surface area (Å²) in [4.78, 5) is 0. The molecule has 0 bridgehead atoms. The number of nitrogens with one attached hydrogen (secondary N) is 1. The van der Waals surface area contributed by atoms with E-state index in [2.05, 4.69) is 26.1 Å². The fourth-order valence-corrected chi connectivity index (χ4v) is 2.05. The summed E-state index contributed by atoms with van der Waals surface area (Å²) in [6.45, 7) is 7.68. The van der Waals surface area contributed by atoms with Crippen molar-refractivity contribution in [1.82, 2.24) is 5.32 Å². The molecule has 0 aliphatic rings. The second-order valence-corrected chi connectivity index (χ2v) is 5.16. The Morgan fingerprint density at radius 1 is 1.24 bits per heavy atom. The Kier molecular flexibility index (Phi) is 6.35. The van der Waals surface area contributed by atoms with Crippen LogP contribution >= 0.6 is 0 Å². The quantitative estimate of drug-likeness (QED) is 0.639. The van der Waals surface area contributed by atoms with Crippen LogP contribution in [0.4, 0.5) is 0 Å². The molecule has 1 rings (SSSR count). The molecule has 0 saturated heterocycles. The molecular weight excluding hydrogens is 210 g/mol. The molecule has 1 aromatic heterocycles. The van der Waals surface area contributed by atoms with E-state index in [1.807, 2.05) is 12.1 Å². The zero-order valence-electron chi connectivity index (χ0n) is 11.6. The van der Waals surface area contributed by atoms with Crippen LogP contribution < -0.4 is 5.32 Å². The van der Waals surface area contributed by atoms with Crippen molar-refractivity contribution in [2.75, 3.05) is 0 Å². The van der Waals surface area contributed by atoms with E-state index in [1.165, 1.54) is 38.5 Å². The zero-order chi connectivity index (χ0) is 12.6. The van der Waals surface area contributed by atoms with Gasteiger partial charge in [-0.2, -0.15) is 0 Å². The summed E-state index contributed by atoms with van der Waals surface area (Å²) in [5.74, 6) is 1.03. The molecule has 1 heterocycles. The second-order valence-electron chi connectivity index (χ2n) is 5.16. The van der Waals surface area contributed by atoms with Crippen molar-refractivity contribution >= 4 is 0 Å². The molecule has 2 heteroatoms. The van der Waals surface area contributed by atoms with Crippen LogP contribution in [0.5, 0.6) is 0 Å². The summed E-state index contributed by atoms with van der Waals surface area (Å²) in [7, 11) is 0. The third-order valence-electron chi connectivity index (χ3n) is 3.63. The summed E-state index contributed by atoms with van der Waals surface area (Å²) in [6.07, 6.45) is 9.50. The van der Waals surface area contributed by atoms with Crippen molar-refractivity contribution in [3.63, 3.8) is 0 Å². The number of hydrogen-bond acceptors (Lipinski definition) is 2. The first-order valence-electron chi connectivity index (χ1n) is 6.97. The van der Waals surface area contributed by atoms with E-state index in [0.717, 1.165) is 12.3 Å². The maximum atomic E-state index is 5.35. The lowest BCUT2D eigenvalue weighted by Gasteiger charge is -2.29. The Balaban J connectivity index is 2.29. The highest BCUT2D eigenvalue weighted by atomic mass is 16.3. The summed E-state index contributed by atoms with van der Waals surface area (Å²) in [5.41, 5.74) is 0.251. The van der Waals surface area contributed by atoms with Gasteiger partial charge in [0.05, 0.1) is 12.8 Å². The Morgan fingerprint density at radius 3 is 2.65 bits per heavy atom. The smallest absolute Gasteiger partial charge is 0.117 e. The molecule has 0 aromatic carbocycles. The molecule has 98 valence electrons. The highest BCUT2D eigenvalue weighted by molar-refractivity contribution is 4.98. The molecule has 0 spiro atoms. The van der Waals surface area contributed by atoms with Crippen LogP contribution in [0.3, 0.4) is 0 Å². The van der Waals surface area contributed by atoms with Gasteiger partial charge in [0, 0.05) is 5.54 Å². The van der Waals surface area contributed by atoms with E-state index in [4.69, 9.17) is 4.42 Å². The third kappa shape index (κ3) is 5.40. The highest BCUT2D eigenvalue weighted by Gasteiger charge is 2.20. The van der Waals surface area contributed by atoms with Crippen molar-refractivity contribution in [3.8, 4) is 0 Å². The molecule has 1 atom stereocenters. The Morgan fingerprint density at radius 2 is 2.06 bits per heavy atom. The lowest BCUT2D eigenvalue weighted by Crippen LogP contribution is -2.41. The largest absolute Gasteiger partial charge is 0.468 e. The summed E-state index contributed by atoms with van der Waals surface area (Å²) in [5, 5.41) is 3.63. The first-order valence-corrected chi connectivity index (χ1v) is 6.97. The molecule has 0 radical (unpaired) electrons. The highest BCUT2D eigenvalue weighted by Crippen LogP contribution is 2.19. The predicted octanol–water partition coefficient (Wildman–Crippen LogP) is 4.51. The van der Waals surface area contributed by atoms with Crippen LogP contribution in [0, 0.1) is 0 Å². The number of rotatable bonds is 9. The number of hydrogen-bond donors (Lipinski definition) is 1. The van der Waals surface area contributed by atoms with Gasteiger partial charge >= 0.3 is 0 Å². The minimum absolute atomic E-state index is 0.251. The fourth-order valence-electron chi connectivity index (χ4n) is 2.05. The van der Waals surface area contributed by atoms with Crippen molar-refractivity contribution in [3.05, 3.63) is 24.2 Å². The van der Waals surface area contributed by atoms with Crippen LogP contribution in [-0.2, 0) is 6.54 Å². The molecule has 0 saturated carbocycles. The molecule has 17 heavy (non-hydrogen) atoms. The average Bonchev–Trinajstić information content (AvgIpc) is 2.85. The van der Waals surface area contributed by atoms with Gasteiger partial charge < -0.3 is 9.73 Å². The van der Waals surface area contributed by atoms with Crippen molar-refractivity contribution < 1.29 is 4.42 Å². The summed E-state index contributed by atoms with van der Waals surface area (Å²) in [6, 6.07) is 3.97. The van der Waals surface area contributed by atoms with Gasteiger partial charge in [0.15, 0.2) is 0 Å². The molecule has 1 N–H and O–H groups in total. The molecule has 0 aliphatic carbocycles. The second kappa shape index (κ2) is 7.54. The van der Waals surface area contributed by atoms with Gasteiger partial charge in [0.25, 0.3) is 0 Å². The molecular formula is C15H27NO. The fraction of sp³-hybridized carbons (Fsp3) is 0.733. The van der Waals surface area contributed by atoms with Gasteiger partial charge in [-0.3, -0.25) is 0 Å². The van der Waals surface area contributed by atoms with Gasteiger partial charge in [-0.25, -0.2) is 0 Å². The number of unbranched alkanes of at least 4 members (excludes halogenated alkanes) is 3. The van der Waals surface area contributed by atoms with Gasteiger partial charge in [-0.05, 0) is 31.9 Å². The van der Waals surface area contributed by atoms with E-state index >= 15 is 0 Å². The summed E-state index contributed by atoms with van der Waals surface area (Å²) < 4.78 is 5.35. The van der Waals surface area contributed by atoms with Crippen molar-refractivity contribution in [2.24, 2.45) is 0 Å². The first-order chi connectivity index (χ1) is 8.20. The molecule has 0 amide bonds. The Labute approximate surface area is 106 Å². The van der Waals surface area contributed by atoms with Gasteiger partial charge in [0.2, 0.25) is 0 Å². The van der Waals surface area contributed by atoms with Crippen LogP contribution in [-0.4, -0.2) is 5.54 Å². The van der Waals surface area contributed by atoms with Crippen LogP contribution in [0.15, 0.2) is 22.8 Å². The van der Waals surface area contributed by atoms with Gasteiger partial charge in [-0.15, -0.1) is 0 Å².